The zero-order valence-electron chi connectivity index (χ0n) is 11.6. The minimum absolute atomic E-state index is 0.0979. The Kier molecular flexibility index (Phi) is 4.28. The number of thiophene rings is 1. The summed E-state index contributed by atoms with van der Waals surface area (Å²) in [6, 6.07) is 6.06. The van der Waals surface area contributed by atoms with E-state index < -0.39 is 11.9 Å². The van der Waals surface area contributed by atoms with Gasteiger partial charge in [0.2, 0.25) is 0 Å². The van der Waals surface area contributed by atoms with Crippen LogP contribution in [0.1, 0.15) is 38.1 Å². The number of aromatic hydroxyl groups is 1. The number of carbonyl (C=O) groups excluding carboxylic acids is 1. The summed E-state index contributed by atoms with van der Waals surface area (Å²) in [4.78, 5) is 24.3. The van der Waals surface area contributed by atoms with E-state index in [-0.39, 0.29) is 11.3 Å². The number of benzene rings is 1. The van der Waals surface area contributed by atoms with E-state index in [1.54, 1.807) is 19.1 Å². The predicted molar refractivity (Wildman–Crippen MR) is 81.5 cm³/mol. The summed E-state index contributed by atoms with van der Waals surface area (Å²) in [5, 5.41) is 21.6. The molecule has 0 fully saturated rings. The molecule has 0 saturated carbocycles. The summed E-state index contributed by atoms with van der Waals surface area (Å²) >= 11 is 1.26. The fourth-order valence-electron chi connectivity index (χ4n) is 1.84. The number of rotatable bonds is 4. The maximum Gasteiger partial charge on any atom is 0.338 e. The van der Waals surface area contributed by atoms with E-state index in [0.717, 1.165) is 4.88 Å². The monoisotopic (exact) mass is 305 g/mol. The molecule has 110 valence electrons. The van der Waals surface area contributed by atoms with Gasteiger partial charge in [-0.05, 0) is 43.2 Å². The van der Waals surface area contributed by atoms with Gasteiger partial charge in [-0.2, -0.15) is 0 Å². The lowest BCUT2D eigenvalue weighted by Gasteiger charge is -2.06. The first-order chi connectivity index (χ1) is 9.92. The van der Waals surface area contributed by atoms with Crippen LogP contribution in [0.2, 0.25) is 0 Å². The number of hydrogen-bond donors (Lipinski definition) is 3. The lowest BCUT2D eigenvalue weighted by atomic mass is 10.1. The first kappa shape index (κ1) is 15.1. The molecule has 0 aliphatic rings. The first-order valence-electron chi connectivity index (χ1n) is 6.39. The quantitative estimate of drug-likeness (QED) is 0.809. The van der Waals surface area contributed by atoms with Gasteiger partial charge >= 0.3 is 5.97 Å². The summed E-state index contributed by atoms with van der Waals surface area (Å²) in [5.41, 5.74) is 1.05. The number of anilines is 1. The number of aryl methyl sites for hydroxylation is 2. The zero-order valence-corrected chi connectivity index (χ0v) is 12.5. The summed E-state index contributed by atoms with van der Waals surface area (Å²) in [7, 11) is 0. The highest BCUT2D eigenvalue weighted by Gasteiger charge is 2.17. The standard InChI is InChI=1S/C15H15NO4S/c1-3-10-7-11(15(19)20)14(21-10)16-13(18)9-4-5-12(17)8(2)6-9/h4-7,17H,3H2,1-2H3,(H,16,18)(H,19,20). The highest BCUT2D eigenvalue weighted by Crippen LogP contribution is 2.29. The molecule has 0 aliphatic carbocycles. The summed E-state index contributed by atoms with van der Waals surface area (Å²) < 4.78 is 0. The molecule has 0 atom stereocenters. The molecule has 3 N–H and O–H groups in total. The third kappa shape index (κ3) is 3.22. The van der Waals surface area contributed by atoms with Crippen molar-refractivity contribution in [3.63, 3.8) is 0 Å². The Balaban J connectivity index is 2.28. The lowest BCUT2D eigenvalue weighted by Crippen LogP contribution is -2.13. The summed E-state index contributed by atoms with van der Waals surface area (Å²) in [6.45, 7) is 3.61. The van der Waals surface area contributed by atoms with Crippen molar-refractivity contribution >= 4 is 28.2 Å². The average molecular weight is 305 g/mol. The van der Waals surface area contributed by atoms with E-state index >= 15 is 0 Å². The van der Waals surface area contributed by atoms with Crippen LogP contribution < -0.4 is 5.32 Å². The molecule has 2 aromatic rings. The van der Waals surface area contributed by atoms with Crippen molar-refractivity contribution in [2.75, 3.05) is 5.32 Å². The van der Waals surface area contributed by atoms with E-state index in [4.69, 9.17) is 5.11 Å². The van der Waals surface area contributed by atoms with Crippen molar-refractivity contribution in [3.05, 3.63) is 45.8 Å². The van der Waals surface area contributed by atoms with Gasteiger partial charge in [-0.25, -0.2) is 4.79 Å². The number of nitrogens with one attached hydrogen (secondary N) is 1. The van der Waals surface area contributed by atoms with Crippen molar-refractivity contribution in [1.82, 2.24) is 0 Å². The van der Waals surface area contributed by atoms with Crippen molar-refractivity contribution in [2.24, 2.45) is 0 Å². The second-order valence-corrected chi connectivity index (χ2v) is 5.71. The highest BCUT2D eigenvalue weighted by molar-refractivity contribution is 7.16. The molecule has 21 heavy (non-hydrogen) atoms. The fraction of sp³-hybridized carbons (Fsp3) is 0.200. The topological polar surface area (TPSA) is 86.6 Å². The predicted octanol–water partition coefficient (Wildman–Crippen LogP) is 3.28. The van der Waals surface area contributed by atoms with E-state index in [2.05, 4.69) is 5.32 Å². The number of hydrogen-bond acceptors (Lipinski definition) is 4. The molecule has 1 aromatic carbocycles. The number of carboxylic acids is 1. The molecule has 0 unspecified atom stereocenters. The van der Waals surface area contributed by atoms with Crippen LogP contribution in [-0.4, -0.2) is 22.1 Å². The van der Waals surface area contributed by atoms with Crippen molar-refractivity contribution < 1.29 is 19.8 Å². The number of carboxylic acid groups (broad SMARTS) is 1. The molecule has 1 amide bonds. The smallest absolute Gasteiger partial charge is 0.338 e. The van der Waals surface area contributed by atoms with E-state index in [9.17, 15) is 14.7 Å². The number of amides is 1. The van der Waals surface area contributed by atoms with Crippen LogP contribution in [-0.2, 0) is 6.42 Å². The Morgan fingerprint density at radius 1 is 1.29 bits per heavy atom. The summed E-state index contributed by atoms with van der Waals surface area (Å²) in [5.74, 6) is -1.35. The zero-order chi connectivity index (χ0) is 15.6. The van der Waals surface area contributed by atoms with Crippen molar-refractivity contribution in [1.29, 1.82) is 0 Å². The highest BCUT2D eigenvalue weighted by atomic mass is 32.1. The van der Waals surface area contributed by atoms with Gasteiger partial charge in [0, 0.05) is 10.4 Å². The molecule has 0 spiro atoms. The van der Waals surface area contributed by atoms with Crippen molar-refractivity contribution in [3.8, 4) is 5.75 Å². The summed E-state index contributed by atoms with van der Waals surface area (Å²) in [6.07, 6.45) is 0.707. The number of carbonyl (C=O) groups is 2. The van der Waals surface area contributed by atoms with Crippen LogP contribution in [0.5, 0.6) is 5.75 Å². The maximum absolute atomic E-state index is 12.2. The third-order valence-electron chi connectivity index (χ3n) is 3.05. The molecule has 0 radical (unpaired) electrons. The molecule has 5 nitrogen and oxygen atoms in total. The molecule has 1 heterocycles. The van der Waals surface area contributed by atoms with Gasteiger partial charge in [-0.3, -0.25) is 4.79 Å². The van der Waals surface area contributed by atoms with Gasteiger partial charge in [-0.1, -0.05) is 6.92 Å². The Morgan fingerprint density at radius 2 is 2.00 bits per heavy atom. The molecule has 1 aromatic heterocycles. The van der Waals surface area contributed by atoms with Crippen LogP contribution >= 0.6 is 11.3 Å². The minimum atomic E-state index is -1.07. The van der Waals surface area contributed by atoms with E-state index in [1.807, 2.05) is 6.92 Å². The molecule has 0 bridgehead atoms. The van der Waals surface area contributed by atoms with E-state index in [0.29, 0.717) is 22.5 Å². The Hall–Kier alpha value is -2.34. The second kappa shape index (κ2) is 5.97. The van der Waals surface area contributed by atoms with Gasteiger partial charge in [0.05, 0.1) is 5.56 Å². The van der Waals surface area contributed by atoms with Gasteiger partial charge in [-0.15, -0.1) is 11.3 Å². The SMILES string of the molecule is CCc1cc(C(=O)O)c(NC(=O)c2ccc(O)c(C)c2)s1. The largest absolute Gasteiger partial charge is 0.508 e. The Bertz CT molecular complexity index is 706. The van der Waals surface area contributed by atoms with E-state index in [1.165, 1.54) is 23.5 Å². The molecule has 0 aliphatic heterocycles. The Labute approximate surface area is 125 Å². The van der Waals surface area contributed by atoms with Crippen LogP contribution in [0, 0.1) is 6.92 Å². The molecular formula is C15H15NO4S. The third-order valence-corrected chi connectivity index (χ3v) is 4.24. The molecule has 2 rings (SSSR count). The second-order valence-electron chi connectivity index (χ2n) is 4.57. The van der Waals surface area contributed by atoms with Crippen molar-refractivity contribution in [2.45, 2.75) is 20.3 Å². The fourth-order valence-corrected chi connectivity index (χ4v) is 2.82. The van der Waals surface area contributed by atoms with Crippen LogP contribution in [0.4, 0.5) is 5.00 Å². The number of phenolic OH excluding ortho intramolecular Hbond substituents is 1. The van der Waals surface area contributed by atoms with Crippen LogP contribution in [0.15, 0.2) is 24.3 Å². The molecular weight excluding hydrogens is 290 g/mol. The normalized spacial score (nSPS) is 10.4. The maximum atomic E-state index is 12.2. The minimum Gasteiger partial charge on any atom is -0.508 e. The Morgan fingerprint density at radius 3 is 2.57 bits per heavy atom. The number of aromatic carboxylic acids is 1. The molecule has 6 heteroatoms. The average Bonchev–Trinajstić information content (AvgIpc) is 2.85. The van der Waals surface area contributed by atoms with Gasteiger partial charge in [0.25, 0.3) is 5.91 Å². The van der Waals surface area contributed by atoms with Crippen LogP contribution in [0.25, 0.3) is 0 Å². The van der Waals surface area contributed by atoms with Gasteiger partial charge in [0.15, 0.2) is 0 Å². The molecule has 0 saturated heterocycles. The van der Waals surface area contributed by atoms with Crippen LogP contribution in [0.3, 0.4) is 0 Å². The van der Waals surface area contributed by atoms with Gasteiger partial charge in [0.1, 0.15) is 10.8 Å². The number of phenols is 1. The lowest BCUT2D eigenvalue weighted by molar-refractivity contribution is 0.0698. The first-order valence-corrected chi connectivity index (χ1v) is 7.21. The van der Waals surface area contributed by atoms with Gasteiger partial charge < -0.3 is 15.5 Å².